The predicted octanol–water partition coefficient (Wildman–Crippen LogP) is 11.3. The lowest BCUT2D eigenvalue weighted by Crippen LogP contribution is -2.60. The van der Waals surface area contributed by atoms with Gasteiger partial charge in [0.15, 0.2) is 47.2 Å². The van der Waals surface area contributed by atoms with Gasteiger partial charge in [0.2, 0.25) is 0 Å². The first kappa shape index (κ1) is 93.3. The summed E-state index contributed by atoms with van der Waals surface area (Å²) in [6.45, 7) is 32.6. The molecule has 1 amide bonds. The lowest BCUT2D eigenvalue weighted by Gasteiger charge is -2.47. The summed E-state index contributed by atoms with van der Waals surface area (Å²) in [5, 5.41) is 12.0. The minimum atomic E-state index is -1.80. The number of unbranched alkanes of at least 4 members (excludes halogenated alkanes) is 1. The molecule has 9 rings (SSSR count). The summed E-state index contributed by atoms with van der Waals surface area (Å²) in [5.41, 5.74) is -4.09. The van der Waals surface area contributed by atoms with Crippen molar-refractivity contribution in [2.24, 2.45) is 41.4 Å². The van der Waals surface area contributed by atoms with Crippen molar-refractivity contribution in [3.63, 3.8) is 0 Å². The van der Waals surface area contributed by atoms with Crippen molar-refractivity contribution < 1.29 is 100 Å². The number of aliphatic hydroxyl groups excluding tert-OH is 1. The molecular weight excluding hydrogens is 1520 g/mol. The largest absolute Gasteiger partial charge is 0.457 e. The number of ether oxygens (including phenoxy) is 11. The maximum absolute atomic E-state index is 14.8. The molecule has 4 saturated heterocycles. The zero-order valence-corrected chi connectivity index (χ0v) is 71.6. The van der Waals surface area contributed by atoms with Gasteiger partial charge in [0, 0.05) is 99.5 Å². The molecule has 1 N–H and O–H groups in total. The second-order valence-electron chi connectivity index (χ2n) is 32.6. The predicted molar refractivity (Wildman–Crippen MR) is 429 cm³/mol. The Morgan fingerprint density at radius 2 is 1.26 bits per heavy atom. The highest BCUT2D eigenvalue weighted by Crippen LogP contribution is 2.46. The number of fused-ring (bicyclic) bond motifs is 1. The Balaban J connectivity index is 0.000000291. The number of imidazole rings is 2. The van der Waals surface area contributed by atoms with E-state index in [1.165, 1.54) is 65.0 Å². The van der Waals surface area contributed by atoms with Crippen molar-refractivity contribution in [1.29, 1.82) is 0 Å². The second-order valence-corrected chi connectivity index (χ2v) is 33.0. The lowest BCUT2D eigenvalue weighted by molar-refractivity contribution is -0.295. The monoisotopic (exact) mass is 1640 g/mol. The van der Waals surface area contributed by atoms with Crippen LogP contribution in [0.3, 0.4) is 0 Å². The molecule has 5 aliphatic rings. The molecule has 4 fully saturated rings. The van der Waals surface area contributed by atoms with Gasteiger partial charge in [-0.25, -0.2) is 28.9 Å². The van der Waals surface area contributed by atoms with Crippen molar-refractivity contribution in [1.82, 2.24) is 38.8 Å². The fourth-order valence-corrected chi connectivity index (χ4v) is 17.3. The Morgan fingerprint density at radius 3 is 1.80 bits per heavy atom. The molecule has 4 aromatic rings. The average molecular weight is 1640 g/mol. The summed E-state index contributed by atoms with van der Waals surface area (Å²) in [6.07, 6.45) is 6.97. The number of aryl methyl sites for hydroxylation is 1. The van der Waals surface area contributed by atoms with Crippen LogP contribution in [0.5, 0.6) is 0 Å². The number of nitrogens with zero attached hydrogens (tertiary/aromatic N) is 8. The van der Waals surface area contributed by atoms with Crippen molar-refractivity contribution >= 4 is 64.8 Å². The summed E-state index contributed by atoms with van der Waals surface area (Å²) >= 11 is 6.36. The molecular formula is C86H121ClN8O21. The Kier molecular flexibility index (Phi) is 32.2. The van der Waals surface area contributed by atoms with Gasteiger partial charge in [0.1, 0.15) is 42.3 Å². The molecule has 0 radical (unpaired) electrons. The third kappa shape index (κ3) is 20.7. The highest BCUT2D eigenvalue weighted by atomic mass is 35.5. The first-order valence-electron chi connectivity index (χ1n) is 40.1. The van der Waals surface area contributed by atoms with Gasteiger partial charge < -0.3 is 71.6 Å². The molecule has 8 heterocycles. The summed E-state index contributed by atoms with van der Waals surface area (Å²) < 4.78 is 71.8. The number of hydrogen-bond acceptors (Lipinski definition) is 26. The highest BCUT2D eigenvalue weighted by molar-refractivity contribution is 6.33. The van der Waals surface area contributed by atoms with E-state index in [4.69, 9.17) is 63.7 Å². The summed E-state index contributed by atoms with van der Waals surface area (Å²) in [4.78, 5) is 145. The standard InChI is InChI=1S/C44H64ClN5O10.C42H57N3O11/c1-12-34-44(13-2)38(50(42(55)60-44)19-15-14-18-49-23-32(47-24-49)30-22-46-17-16-31(30)45)27(5)35(51)25(3)21-43(8,56-11)39(28(6)36(52)29(7)40(54)58-34)59-41-37(53)33(48(9)10)20-26(4)57-41;1-12-32-42(13-2,56-40(50)45-20-19-43-24-45)23-26(4)33(46)25(3)22-41(8,51-11)36(28(6)34(47)29(7)37(48)53-32)55-39-35(31(44(9)10)21-27(5)52-39)54-38(49)30-17-15-14-16-18-30/h13,16-17,22-29,33-34,37-39,41,53H,2,12,14-15,18-21H2,1,3-11H3;13-20,23-25,27-29,31-32,35-36,39H,2,12,21-22H2,1,3-11H3/b;26-23+/t25-,26-,27+,28+,29-,33+,34-,37-,38-,39-,41?,43+,44-;25-,27-,28+,29-,31+,32-,35-,36-,39?,41+,42+/m11/s1. The molecule has 0 spiro atoms. The zero-order valence-electron chi connectivity index (χ0n) is 70.8. The smallest absolute Gasteiger partial charge is 0.420 e. The van der Waals surface area contributed by atoms with Gasteiger partial charge in [-0.1, -0.05) is 91.4 Å². The van der Waals surface area contributed by atoms with E-state index in [0.717, 1.165) is 10.1 Å². The van der Waals surface area contributed by atoms with Gasteiger partial charge in [0.05, 0.1) is 70.3 Å². The Morgan fingerprint density at radius 1 is 0.698 bits per heavy atom. The average Bonchev–Trinajstić information content (AvgIpc) is 1.57. The molecule has 116 heavy (non-hydrogen) atoms. The molecule has 30 heteroatoms. The molecule has 3 aromatic heterocycles. The Bertz CT molecular complexity index is 4120. The molecule has 5 aliphatic heterocycles. The summed E-state index contributed by atoms with van der Waals surface area (Å²) in [7, 11) is 10.4. The van der Waals surface area contributed by atoms with Crippen molar-refractivity contribution in [2.75, 3.05) is 49.0 Å². The maximum Gasteiger partial charge on any atom is 0.420 e. The van der Waals surface area contributed by atoms with E-state index in [2.05, 4.69) is 28.1 Å². The highest BCUT2D eigenvalue weighted by Gasteiger charge is 2.62. The van der Waals surface area contributed by atoms with E-state index < -0.39 is 161 Å². The van der Waals surface area contributed by atoms with Gasteiger partial charge in [-0.05, 0) is 170 Å². The fourth-order valence-electron chi connectivity index (χ4n) is 17.1. The Hall–Kier alpha value is -8.23. The van der Waals surface area contributed by atoms with Crippen LogP contribution in [-0.4, -0.2) is 248 Å². The number of aromatic nitrogens is 5. The molecule has 24 atom stereocenters. The van der Waals surface area contributed by atoms with E-state index in [-0.39, 0.29) is 73.7 Å². The van der Waals surface area contributed by atoms with Crippen LogP contribution in [-0.2, 0) is 87.4 Å². The van der Waals surface area contributed by atoms with E-state index in [1.54, 1.807) is 129 Å². The molecule has 0 aliphatic carbocycles. The number of likely N-dealkylation sites (N-methyl/N-ethyl adjacent to an activating group) is 2. The van der Waals surface area contributed by atoms with Crippen molar-refractivity contribution in [3.8, 4) is 11.3 Å². The normalized spacial score (nSPS) is 35.2. The minimum Gasteiger partial charge on any atom is -0.457 e. The number of benzene rings is 1. The van der Waals surface area contributed by atoms with Crippen LogP contribution in [0.15, 0.2) is 117 Å². The van der Waals surface area contributed by atoms with Gasteiger partial charge in [-0.15, -0.1) is 0 Å². The number of amides is 1. The second kappa shape index (κ2) is 40.0. The number of ketones is 4. The van der Waals surface area contributed by atoms with Crippen LogP contribution in [0.1, 0.15) is 159 Å². The molecule has 1 aromatic carbocycles. The van der Waals surface area contributed by atoms with Crippen LogP contribution in [0.4, 0.5) is 9.59 Å². The van der Waals surface area contributed by atoms with Gasteiger partial charge in [-0.2, -0.15) is 0 Å². The lowest BCUT2D eigenvalue weighted by atomic mass is 9.72. The first-order chi connectivity index (χ1) is 54.7. The first-order valence-corrected chi connectivity index (χ1v) is 40.5. The number of Topliss-reactive ketones (excluding diaryl/α,β-unsaturated/α-hetero) is 4. The van der Waals surface area contributed by atoms with Gasteiger partial charge in [0.25, 0.3) is 0 Å². The number of cyclic esters (lactones) is 2. The Labute approximate surface area is 686 Å². The summed E-state index contributed by atoms with van der Waals surface area (Å²) in [6, 6.07) is 8.73. The molecule has 29 nitrogen and oxygen atoms in total. The SMILES string of the molecule is C=C[C@]1(OC(=O)n2ccnc2)/C=C(\C)C(=O)[C@H](C)C[C@](C)(OC)[C@H](OC2O[C@H](C)C[C@H](N(C)C)[C@H]2OC(=O)c2ccccc2)[C@@H](C)C(=O)[C@@H](C)C(=O)O[C@@H]1CC.C=C[C@]12OC(=O)N(CCCCn3cnc(-c4cnccc4Cl)c3)[C@@H]1[C@@H](C)C(=O)[C@H](C)C[C@](C)(OC)[C@H](OC1O[C@H](C)C[C@H](N(C)C)[C@H]1O)[C@@H](C)C(=O)[C@@H](C)C(=O)O[C@@H]2CC. The number of hydrogen-bond donors (Lipinski definition) is 1. The molecule has 2 unspecified atom stereocenters. The zero-order chi connectivity index (χ0) is 85.8. The number of rotatable bonds is 21. The molecule has 0 saturated carbocycles. The fraction of sp³-hybridized carbons (Fsp3) is 0.628. The van der Waals surface area contributed by atoms with E-state index in [0.29, 0.717) is 48.5 Å². The number of pyridine rings is 1. The quantitative estimate of drug-likeness (QED) is 0.0266. The van der Waals surface area contributed by atoms with Crippen LogP contribution in [0.2, 0.25) is 5.02 Å². The van der Waals surface area contributed by atoms with Crippen LogP contribution >= 0.6 is 11.6 Å². The third-order valence-electron chi connectivity index (χ3n) is 23.9. The number of methoxy groups -OCH3 is 2. The number of allylic oxidation sites excluding steroid dienone is 1. The summed E-state index contributed by atoms with van der Waals surface area (Å²) in [5.74, 6) is -10.7. The van der Waals surface area contributed by atoms with E-state index >= 15 is 0 Å². The topological polar surface area (TPSA) is 334 Å². The van der Waals surface area contributed by atoms with E-state index in [9.17, 15) is 48.3 Å². The molecule has 0 bridgehead atoms. The number of carbonyl (C=O) groups is 9. The van der Waals surface area contributed by atoms with Gasteiger partial charge >= 0.3 is 30.1 Å². The number of aliphatic hydroxyl groups is 1. The number of carbonyl (C=O) groups excluding carboxylic acids is 9. The van der Waals surface area contributed by atoms with Crippen molar-refractivity contribution in [2.45, 2.75) is 257 Å². The number of halogens is 1. The van der Waals surface area contributed by atoms with Crippen LogP contribution in [0, 0.1) is 41.4 Å². The van der Waals surface area contributed by atoms with Crippen LogP contribution < -0.4 is 0 Å². The minimum absolute atomic E-state index is 0.0512. The van der Waals surface area contributed by atoms with E-state index in [1.807, 2.05) is 62.6 Å². The molecule has 638 valence electrons. The maximum atomic E-state index is 14.8. The van der Waals surface area contributed by atoms with Crippen LogP contribution in [0.25, 0.3) is 11.3 Å². The van der Waals surface area contributed by atoms with Crippen molar-refractivity contribution in [3.05, 3.63) is 128 Å². The van der Waals surface area contributed by atoms with Gasteiger partial charge in [-0.3, -0.25) is 38.7 Å². The number of esters is 3. The third-order valence-corrected chi connectivity index (χ3v) is 24.2.